The Bertz CT molecular complexity index is 1640. The molecule has 0 saturated carbocycles. The van der Waals surface area contributed by atoms with E-state index in [4.69, 9.17) is 0 Å². The molecule has 0 radical (unpaired) electrons. The monoisotopic (exact) mass is 515 g/mol. The van der Waals surface area contributed by atoms with Crippen LogP contribution in [0.1, 0.15) is 50.0 Å². The van der Waals surface area contributed by atoms with E-state index in [0.29, 0.717) is 22.8 Å². The van der Waals surface area contributed by atoms with Gasteiger partial charge in [0.05, 0.1) is 11.7 Å². The van der Waals surface area contributed by atoms with Crippen LogP contribution in [-0.4, -0.2) is 49.5 Å². The van der Waals surface area contributed by atoms with Crippen LogP contribution >= 0.6 is 0 Å². The van der Waals surface area contributed by atoms with Gasteiger partial charge in [0, 0.05) is 34.4 Å². The van der Waals surface area contributed by atoms with Gasteiger partial charge in [0.15, 0.2) is 11.6 Å². The Balaban J connectivity index is 1.34. The average Bonchev–Trinajstić information content (AvgIpc) is 3.46. The molecule has 4 heterocycles. The summed E-state index contributed by atoms with van der Waals surface area (Å²) < 4.78 is 31.9. The molecule has 0 amide bonds. The number of aromatic nitrogens is 5. The first-order valence-corrected chi connectivity index (χ1v) is 13.1. The van der Waals surface area contributed by atoms with E-state index in [2.05, 4.69) is 49.5 Å². The molecule has 0 bridgehead atoms. The molecule has 1 aliphatic rings. The molecule has 3 aromatic heterocycles. The van der Waals surface area contributed by atoms with Gasteiger partial charge in [0.25, 0.3) is 0 Å². The van der Waals surface area contributed by atoms with E-state index in [9.17, 15) is 4.39 Å². The van der Waals surface area contributed by atoms with Crippen LogP contribution in [0.4, 0.5) is 20.4 Å². The first-order chi connectivity index (χ1) is 18.3. The minimum Gasteiger partial charge on any atom is -0.361 e. The number of fused-ring (bicyclic) bond motifs is 2. The molecule has 9 heteroatoms. The highest BCUT2D eigenvalue weighted by atomic mass is 19.1. The summed E-state index contributed by atoms with van der Waals surface area (Å²) in [5.74, 6) is 0.332. The third-order valence-electron chi connectivity index (χ3n) is 7.59. The van der Waals surface area contributed by atoms with Crippen molar-refractivity contribution < 1.29 is 8.78 Å². The van der Waals surface area contributed by atoms with Crippen molar-refractivity contribution in [2.24, 2.45) is 0 Å². The number of benzene rings is 2. The van der Waals surface area contributed by atoms with Gasteiger partial charge >= 0.3 is 0 Å². The molecule has 0 unspecified atom stereocenters. The van der Waals surface area contributed by atoms with E-state index in [1.54, 1.807) is 6.07 Å². The maximum absolute atomic E-state index is 15.0. The van der Waals surface area contributed by atoms with Gasteiger partial charge in [0.1, 0.15) is 17.0 Å². The van der Waals surface area contributed by atoms with Gasteiger partial charge in [-0.3, -0.25) is 0 Å². The fraction of sp³-hybridized carbons (Fsp3) is 0.345. The third kappa shape index (κ3) is 4.30. The van der Waals surface area contributed by atoms with Crippen molar-refractivity contribution in [2.75, 3.05) is 25.5 Å². The van der Waals surface area contributed by atoms with Crippen LogP contribution in [0.3, 0.4) is 0 Å². The Labute approximate surface area is 219 Å². The van der Waals surface area contributed by atoms with Crippen LogP contribution < -0.4 is 5.32 Å². The highest BCUT2D eigenvalue weighted by Crippen LogP contribution is 2.35. The number of hydrogen-bond acceptors (Lipinski definition) is 5. The van der Waals surface area contributed by atoms with Crippen molar-refractivity contribution >= 4 is 33.6 Å². The zero-order valence-corrected chi connectivity index (χ0v) is 22.0. The minimum absolute atomic E-state index is 0.0344. The first-order valence-electron chi connectivity index (χ1n) is 13.1. The molecule has 1 aliphatic heterocycles. The maximum Gasteiger partial charge on any atom is 0.227 e. The minimum atomic E-state index is -0.618. The van der Waals surface area contributed by atoms with E-state index in [1.807, 2.05) is 37.5 Å². The normalized spacial score (nSPS) is 15.2. The van der Waals surface area contributed by atoms with Crippen molar-refractivity contribution in [3.63, 3.8) is 0 Å². The Morgan fingerprint density at radius 3 is 2.61 bits per heavy atom. The summed E-state index contributed by atoms with van der Waals surface area (Å²) in [7, 11) is 2.16. The second kappa shape index (κ2) is 9.47. The smallest absolute Gasteiger partial charge is 0.227 e. The number of imidazole rings is 1. The predicted molar refractivity (Wildman–Crippen MR) is 147 cm³/mol. The SMILES string of the molecule is Cc1nc2c(F)cc(-c3nc(Nc4ccc5[nH]cc(C6CCN(C)CC6)c5c4)ncc3F)cc2n1C(C)C. The lowest BCUT2D eigenvalue weighted by atomic mass is 9.89. The summed E-state index contributed by atoms with van der Waals surface area (Å²) in [5.41, 5.74) is 4.45. The maximum atomic E-state index is 15.0. The molecule has 196 valence electrons. The predicted octanol–water partition coefficient (Wildman–Crippen LogP) is 6.69. The number of H-pyrrole nitrogens is 1. The van der Waals surface area contributed by atoms with Crippen molar-refractivity contribution in [3.05, 3.63) is 65.7 Å². The molecule has 38 heavy (non-hydrogen) atoms. The van der Waals surface area contributed by atoms with Gasteiger partial charge in [-0.1, -0.05) is 0 Å². The first kappa shape index (κ1) is 24.5. The van der Waals surface area contributed by atoms with Crippen LogP contribution in [0.2, 0.25) is 0 Å². The number of hydrogen-bond donors (Lipinski definition) is 2. The highest BCUT2D eigenvalue weighted by Gasteiger charge is 2.22. The Morgan fingerprint density at radius 1 is 1.05 bits per heavy atom. The van der Waals surface area contributed by atoms with E-state index < -0.39 is 11.6 Å². The van der Waals surface area contributed by atoms with E-state index in [1.165, 1.54) is 11.6 Å². The Hall–Kier alpha value is -3.85. The molecular formula is C29H31F2N7. The summed E-state index contributed by atoms with van der Waals surface area (Å²) in [4.78, 5) is 18.7. The van der Waals surface area contributed by atoms with Gasteiger partial charge in [-0.25, -0.2) is 23.7 Å². The van der Waals surface area contributed by atoms with Crippen LogP contribution in [0.25, 0.3) is 33.2 Å². The summed E-state index contributed by atoms with van der Waals surface area (Å²) >= 11 is 0. The van der Waals surface area contributed by atoms with E-state index >= 15 is 4.39 Å². The number of aromatic amines is 1. The van der Waals surface area contributed by atoms with Gasteiger partial charge in [-0.05, 0) is 95.6 Å². The van der Waals surface area contributed by atoms with Gasteiger partial charge in [-0.2, -0.15) is 0 Å². The van der Waals surface area contributed by atoms with E-state index in [0.717, 1.165) is 48.7 Å². The lowest BCUT2D eigenvalue weighted by molar-refractivity contribution is 0.256. The molecule has 5 aromatic rings. The summed E-state index contributed by atoms with van der Waals surface area (Å²) in [6.45, 7) is 8.03. The molecule has 2 aromatic carbocycles. The van der Waals surface area contributed by atoms with Crippen molar-refractivity contribution in [2.45, 2.75) is 45.6 Å². The van der Waals surface area contributed by atoms with Crippen LogP contribution in [0.5, 0.6) is 0 Å². The number of halogens is 2. The molecule has 7 nitrogen and oxygen atoms in total. The number of rotatable bonds is 5. The molecule has 0 spiro atoms. The van der Waals surface area contributed by atoms with Crippen molar-refractivity contribution in [1.82, 2.24) is 29.4 Å². The topological polar surface area (TPSA) is 74.7 Å². The summed E-state index contributed by atoms with van der Waals surface area (Å²) in [6.07, 6.45) is 5.49. The van der Waals surface area contributed by atoms with Gasteiger partial charge in [-0.15, -0.1) is 0 Å². The number of piperidine rings is 1. The molecule has 1 fully saturated rings. The highest BCUT2D eigenvalue weighted by molar-refractivity contribution is 5.88. The second-order valence-corrected chi connectivity index (χ2v) is 10.5. The quantitative estimate of drug-likeness (QED) is 0.273. The molecular weight excluding hydrogens is 484 g/mol. The largest absolute Gasteiger partial charge is 0.361 e. The molecule has 0 atom stereocenters. The standard InChI is InChI=1S/C29H31F2N7/c1-16(2)38-17(3)34-28-23(30)11-19(12-26(28)38)27-24(31)15-33-29(36-27)35-20-5-6-25-21(13-20)22(14-32-25)18-7-9-37(4)10-8-18/h5-6,11-16,18,32H,7-10H2,1-4H3,(H,33,35,36). The molecule has 1 saturated heterocycles. The lowest BCUT2D eigenvalue weighted by Gasteiger charge is -2.28. The van der Waals surface area contributed by atoms with Gasteiger partial charge in [0.2, 0.25) is 5.95 Å². The van der Waals surface area contributed by atoms with Crippen LogP contribution in [-0.2, 0) is 0 Å². The van der Waals surface area contributed by atoms with Crippen molar-refractivity contribution in [1.29, 1.82) is 0 Å². The average molecular weight is 516 g/mol. The van der Waals surface area contributed by atoms with Gasteiger partial charge < -0.3 is 19.8 Å². The number of aryl methyl sites for hydroxylation is 1. The second-order valence-electron chi connectivity index (χ2n) is 10.5. The van der Waals surface area contributed by atoms with E-state index in [-0.39, 0.29) is 23.2 Å². The number of nitrogens with zero attached hydrogens (tertiary/aromatic N) is 5. The lowest BCUT2D eigenvalue weighted by Crippen LogP contribution is -2.29. The third-order valence-corrected chi connectivity index (χ3v) is 7.59. The van der Waals surface area contributed by atoms with Crippen molar-refractivity contribution in [3.8, 4) is 11.3 Å². The molecule has 2 N–H and O–H groups in total. The Morgan fingerprint density at radius 2 is 1.84 bits per heavy atom. The number of anilines is 2. The molecule has 0 aliphatic carbocycles. The number of likely N-dealkylation sites (tertiary alicyclic amines) is 1. The van der Waals surface area contributed by atoms with Crippen LogP contribution in [0, 0.1) is 18.6 Å². The number of nitrogens with one attached hydrogen (secondary N) is 2. The Kier molecular flexibility index (Phi) is 6.10. The summed E-state index contributed by atoms with van der Waals surface area (Å²) in [6, 6.07) is 9.16. The summed E-state index contributed by atoms with van der Waals surface area (Å²) in [5, 5.41) is 4.39. The fourth-order valence-electron chi connectivity index (χ4n) is 5.69. The fourth-order valence-corrected chi connectivity index (χ4v) is 5.69. The molecule has 6 rings (SSSR count). The van der Waals surface area contributed by atoms with Crippen LogP contribution in [0.15, 0.2) is 42.7 Å². The zero-order chi connectivity index (χ0) is 26.6. The zero-order valence-electron chi connectivity index (χ0n) is 22.0.